The van der Waals surface area contributed by atoms with E-state index < -0.39 is 0 Å². The summed E-state index contributed by atoms with van der Waals surface area (Å²) < 4.78 is 0. The van der Waals surface area contributed by atoms with Crippen molar-refractivity contribution in [2.24, 2.45) is 11.8 Å². The molecule has 0 aromatic heterocycles. The lowest BCUT2D eigenvalue weighted by molar-refractivity contribution is 0.111. The molecule has 0 bridgehead atoms. The second-order valence-corrected chi connectivity index (χ2v) is 6.36. The second-order valence-electron chi connectivity index (χ2n) is 6.36. The van der Waals surface area contributed by atoms with Gasteiger partial charge >= 0.3 is 0 Å². The Labute approximate surface area is 102 Å². The van der Waals surface area contributed by atoms with E-state index in [0.29, 0.717) is 0 Å². The molecule has 2 aliphatic rings. The van der Waals surface area contributed by atoms with Crippen LogP contribution in [-0.4, -0.2) is 24.0 Å². The maximum absolute atomic E-state index is 2.81. The Morgan fingerprint density at radius 2 is 1.31 bits per heavy atom. The van der Waals surface area contributed by atoms with E-state index in [9.17, 15) is 0 Å². The maximum Gasteiger partial charge on any atom is 0.0100 e. The van der Waals surface area contributed by atoms with E-state index in [1.165, 1.54) is 64.5 Å². The van der Waals surface area contributed by atoms with Crippen molar-refractivity contribution in [3.05, 3.63) is 0 Å². The van der Waals surface area contributed by atoms with Crippen molar-refractivity contribution in [2.75, 3.05) is 13.1 Å². The first-order valence-corrected chi connectivity index (χ1v) is 7.49. The molecule has 0 N–H and O–H groups in total. The third kappa shape index (κ3) is 3.48. The summed E-state index contributed by atoms with van der Waals surface area (Å²) in [6.45, 7) is 7.69. The number of likely N-dealkylation sites (tertiary alicyclic amines) is 1. The summed E-state index contributed by atoms with van der Waals surface area (Å²) in [6, 6.07) is 0.908. The summed E-state index contributed by atoms with van der Waals surface area (Å²) in [7, 11) is 0. The molecule has 1 aliphatic heterocycles. The van der Waals surface area contributed by atoms with Crippen molar-refractivity contribution < 1.29 is 0 Å². The monoisotopic (exact) mass is 223 g/mol. The minimum atomic E-state index is 0.908. The van der Waals surface area contributed by atoms with Crippen LogP contribution in [0.25, 0.3) is 0 Å². The molecule has 2 unspecified atom stereocenters. The first-order chi connectivity index (χ1) is 7.75. The summed E-state index contributed by atoms with van der Waals surface area (Å²) in [6.07, 6.45) is 11.7. The van der Waals surface area contributed by atoms with Crippen LogP contribution in [0.2, 0.25) is 0 Å². The Morgan fingerprint density at radius 1 is 0.750 bits per heavy atom. The van der Waals surface area contributed by atoms with Gasteiger partial charge in [-0.25, -0.2) is 0 Å². The Bertz CT molecular complexity index is 184. The average Bonchev–Trinajstić information content (AvgIpc) is 2.27. The zero-order valence-corrected chi connectivity index (χ0v) is 11.3. The van der Waals surface area contributed by atoms with Crippen LogP contribution in [0.5, 0.6) is 0 Å². The van der Waals surface area contributed by atoms with Gasteiger partial charge in [0, 0.05) is 6.04 Å². The SMILES string of the molecule is CC1CCCC(C)CC(N2CCCCC2)C1. The summed E-state index contributed by atoms with van der Waals surface area (Å²) in [5, 5.41) is 0. The fourth-order valence-corrected chi connectivity index (χ4v) is 3.66. The highest BCUT2D eigenvalue weighted by Gasteiger charge is 2.25. The fraction of sp³-hybridized carbons (Fsp3) is 1.00. The van der Waals surface area contributed by atoms with Gasteiger partial charge in [-0.1, -0.05) is 39.5 Å². The van der Waals surface area contributed by atoms with Crippen LogP contribution in [0.3, 0.4) is 0 Å². The van der Waals surface area contributed by atoms with Gasteiger partial charge in [-0.05, 0) is 50.6 Å². The predicted molar refractivity (Wildman–Crippen MR) is 70.6 cm³/mol. The third-order valence-corrected chi connectivity index (χ3v) is 4.65. The fourth-order valence-electron chi connectivity index (χ4n) is 3.66. The maximum atomic E-state index is 2.81. The lowest BCUT2D eigenvalue weighted by Gasteiger charge is -2.38. The van der Waals surface area contributed by atoms with Gasteiger partial charge in [0.05, 0.1) is 0 Å². The van der Waals surface area contributed by atoms with Crippen LogP contribution in [0.4, 0.5) is 0 Å². The number of piperidine rings is 1. The van der Waals surface area contributed by atoms with E-state index >= 15 is 0 Å². The largest absolute Gasteiger partial charge is 0.300 e. The van der Waals surface area contributed by atoms with Crippen LogP contribution in [0.1, 0.15) is 65.2 Å². The van der Waals surface area contributed by atoms with Crippen molar-refractivity contribution in [1.82, 2.24) is 4.90 Å². The molecule has 1 saturated heterocycles. The van der Waals surface area contributed by atoms with Gasteiger partial charge in [-0.15, -0.1) is 0 Å². The number of hydrogen-bond donors (Lipinski definition) is 0. The van der Waals surface area contributed by atoms with Gasteiger partial charge in [0.2, 0.25) is 0 Å². The third-order valence-electron chi connectivity index (χ3n) is 4.65. The molecular weight excluding hydrogens is 194 g/mol. The van der Waals surface area contributed by atoms with Crippen LogP contribution in [-0.2, 0) is 0 Å². The summed E-state index contributed by atoms with van der Waals surface area (Å²) in [5.41, 5.74) is 0. The van der Waals surface area contributed by atoms with Crippen molar-refractivity contribution in [3.63, 3.8) is 0 Å². The topological polar surface area (TPSA) is 3.24 Å². The first-order valence-electron chi connectivity index (χ1n) is 7.49. The molecule has 94 valence electrons. The number of hydrogen-bond acceptors (Lipinski definition) is 1. The molecular formula is C15H29N. The Morgan fingerprint density at radius 3 is 1.88 bits per heavy atom. The molecule has 16 heavy (non-hydrogen) atoms. The molecule has 0 spiro atoms. The van der Waals surface area contributed by atoms with Crippen LogP contribution in [0.15, 0.2) is 0 Å². The average molecular weight is 223 g/mol. The Hall–Kier alpha value is -0.0400. The molecule has 1 heteroatoms. The summed E-state index contributed by atoms with van der Waals surface area (Å²) >= 11 is 0. The molecule has 0 aromatic rings. The standard InChI is InChI=1S/C15H29N/c1-13-7-6-8-14(2)12-15(11-13)16-9-4-3-5-10-16/h13-15H,3-12H2,1-2H3. The van der Waals surface area contributed by atoms with Gasteiger partial charge < -0.3 is 4.90 Å². The van der Waals surface area contributed by atoms with Crippen molar-refractivity contribution >= 4 is 0 Å². The van der Waals surface area contributed by atoms with E-state index in [-0.39, 0.29) is 0 Å². The van der Waals surface area contributed by atoms with Crippen molar-refractivity contribution in [2.45, 2.75) is 71.3 Å². The van der Waals surface area contributed by atoms with E-state index in [1.807, 2.05) is 0 Å². The minimum Gasteiger partial charge on any atom is -0.300 e. The number of nitrogens with zero attached hydrogens (tertiary/aromatic N) is 1. The zero-order chi connectivity index (χ0) is 11.4. The van der Waals surface area contributed by atoms with Crippen LogP contribution >= 0.6 is 0 Å². The van der Waals surface area contributed by atoms with Crippen molar-refractivity contribution in [3.8, 4) is 0 Å². The summed E-state index contributed by atoms with van der Waals surface area (Å²) in [5.74, 6) is 1.92. The lowest BCUT2D eigenvalue weighted by atomic mass is 9.83. The molecule has 0 radical (unpaired) electrons. The van der Waals surface area contributed by atoms with E-state index in [0.717, 1.165) is 17.9 Å². The van der Waals surface area contributed by atoms with E-state index in [4.69, 9.17) is 0 Å². The summed E-state index contributed by atoms with van der Waals surface area (Å²) in [4.78, 5) is 2.81. The second kappa shape index (κ2) is 6.05. The molecule has 1 heterocycles. The molecule has 2 atom stereocenters. The molecule has 2 rings (SSSR count). The molecule has 2 fully saturated rings. The van der Waals surface area contributed by atoms with E-state index in [2.05, 4.69) is 18.7 Å². The lowest BCUT2D eigenvalue weighted by Crippen LogP contribution is -2.41. The van der Waals surface area contributed by atoms with Crippen molar-refractivity contribution in [1.29, 1.82) is 0 Å². The zero-order valence-electron chi connectivity index (χ0n) is 11.3. The molecule has 1 nitrogen and oxygen atoms in total. The molecule has 1 aliphatic carbocycles. The first kappa shape index (κ1) is 12.4. The highest BCUT2D eigenvalue weighted by atomic mass is 15.2. The quantitative estimate of drug-likeness (QED) is 0.647. The highest BCUT2D eigenvalue weighted by molar-refractivity contribution is 4.80. The van der Waals surface area contributed by atoms with Crippen LogP contribution in [0, 0.1) is 11.8 Å². The smallest absolute Gasteiger partial charge is 0.0100 e. The molecule has 0 aromatic carbocycles. The Kier molecular flexibility index (Phi) is 4.69. The predicted octanol–water partition coefficient (Wildman–Crippen LogP) is 4.08. The highest BCUT2D eigenvalue weighted by Crippen LogP contribution is 2.30. The van der Waals surface area contributed by atoms with Gasteiger partial charge in [0.25, 0.3) is 0 Å². The molecule has 0 amide bonds. The van der Waals surface area contributed by atoms with Gasteiger partial charge in [-0.3, -0.25) is 0 Å². The number of rotatable bonds is 1. The molecule has 1 saturated carbocycles. The van der Waals surface area contributed by atoms with E-state index in [1.54, 1.807) is 0 Å². The van der Waals surface area contributed by atoms with Gasteiger partial charge in [-0.2, -0.15) is 0 Å². The van der Waals surface area contributed by atoms with Crippen LogP contribution < -0.4 is 0 Å². The van der Waals surface area contributed by atoms with Gasteiger partial charge in [0.1, 0.15) is 0 Å². The normalized spacial score (nSPS) is 39.0. The Balaban J connectivity index is 1.92. The van der Waals surface area contributed by atoms with Gasteiger partial charge in [0.15, 0.2) is 0 Å². The minimum absolute atomic E-state index is 0.908.